The molecular formula is C20H23N4O2+. The zero-order valence-electron chi connectivity index (χ0n) is 15.0. The highest BCUT2D eigenvalue weighted by atomic mass is 16.5. The Kier molecular flexibility index (Phi) is 5.76. The van der Waals surface area contributed by atoms with Crippen molar-refractivity contribution in [1.82, 2.24) is 10.6 Å². The molecule has 6 nitrogen and oxygen atoms in total. The lowest BCUT2D eigenvalue weighted by molar-refractivity contribution is -0.785. The van der Waals surface area contributed by atoms with Gasteiger partial charge in [-0.15, -0.1) is 0 Å². The van der Waals surface area contributed by atoms with Crippen LogP contribution in [0.15, 0.2) is 65.2 Å². The van der Waals surface area contributed by atoms with Gasteiger partial charge in [0.2, 0.25) is 5.27 Å². The van der Waals surface area contributed by atoms with E-state index in [9.17, 15) is 4.79 Å². The number of aromatic nitrogens is 2. The highest BCUT2D eigenvalue weighted by molar-refractivity contribution is 6.03. The minimum Gasteiger partial charge on any atom is -0.303 e. The molecule has 2 aromatic carbocycles. The van der Waals surface area contributed by atoms with Crippen LogP contribution in [0, 0.1) is 0 Å². The number of rotatable bonds is 7. The molecular weight excluding hydrogens is 328 g/mol. The Hall–Kier alpha value is -2.99. The van der Waals surface area contributed by atoms with Crippen LogP contribution < -0.4 is 15.3 Å². The molecule has 1 amide bonds. The summed E-state index contributed by atoms with van der Waals surface area (Å²) < 4.78 is 7.17. The van der Waals surface area contributed by atoms with E-state index >= 15 is 0 Å². The molecule has 0 aliphatic heterocycles. The average Bonchev–Trinajstić information content (AvgIpc) is 3.06. The number of carbonyl (C=O) groups excluding carboxylic acids is 1. The second-order valence-electron chi connectivity index (χ2n) is 6.30. The van der Waals surface area contributed by atoms with Gasteiger partial charge >= 0.3 is 5.88 Å². The first-order valence-electron chi connectivity index (χ1n) is 8.66. The SMILES string of the molecule is CC(C)[n+]1noc(NC(=O)c2ccccc2)c1CNCc1ccccc1. The number of nitrogens with zero attached hydrogens (tertiary/aromatic N) is 2. The lowest BCUT2D eigenvalue weighted by Gasteiger charge is -2.05. The summed E-state index contributed by atoms with van der Waals surface area (Å²) >= 11 is 0. The predicted molar refractivity (Wildman–Crippen MR) is 98.5 cm³/mol. The van der Waals surface area contributed by atoms with E-state index in [1.54, 1.807) is 16.8 Å². The summed E-state index contributed by atoms with van der Waals surface area (Å²) in [7, 11) is 0. The summed E-state index contributed by atoms with van der Waals surface area (Å²) in [5.41, 5.74) is 2.57. The summed E-state index contributed by atoms with van der Waals surface area (Å²) in [5, 5.41) is 10.3. The maximum Gasteiger partial charge on any atom is 0.307 e. The standard InChI is InChI=1S/C20H22N4O2/c1-15(2)24-18(14-21-13-16-9-5-3-6-10-16)20(26-23-24)22-19(25)17-11-7-4-8-12-17/h3-12,15,21H,13-14H2,1-2H3/p+1. The number of hydrogen-bond donors (Lipinski definition) is 2. The summed E-state index contributed by atoms with van der Waals surface area (Å²) in [4.78, 5) is 12.4. The van der Waals surface area contributed by atoms with Gasteiger partial charge in [0.15, 0.2) is 6.04 Å². The largest absolute Gasteiger partial charge is 0.307 e. The van der Waals surface area contributed by atoms with Gasteiger partial charge in [0, 0.05) is 26.0 Å². The van der Waals surface area contributed by atoms with E-state index in [0.717, 1.165) is 12.2 Å². The maximum absolute atomic E-state index is 12.4. The monoisotopic (exact) mass is 351 g/mol. The normalized spacial score (nSPS) is 10.9. The van der Waals surface area contributed by atoms with Gasteiger partial charge in [-0.2, -0.15) is 0 Å². The second kappa shape index (κ2) is 8.40. The van der Waals surface area contributed by atoms with Crippen LogP contribution >= 0.6 is 0 Å². The molecule has 0 atom stereocenters. The van der Waals surface area contributed by atoms with Gasteiger partial charge in [0.05, 0.1) is 6.54 Å². The van der Waals surface area contributed by atoms with Crippen LogP contribution in [0.4, 0.5) is 5.88 Å². The topological polar surface area (TPSA) is 71.0 Å². The molecule has 6 heteroatoms. The van der Waals surface area contributed by atoms with E-state index < -0.39 is 0 Å². The smallest absolute Gasteiger partial charge is 0.303 e. The summed E-state index contributed by atoms with van der Waals surface area (Å²) in [6.07, 6.45) is 0. The van der Waals surface area contributed by atoms with Gasteiger partial charge < -0.3 is 5.32 Å². The molecule has 0 spiro atoms. The highest BCUT2D eigenvalue weighted by Gasteiger charge is 2.28. The third-order valence-electron chi connectivity index (χ3n) is 3.98. The Labute approximate surface area is 152 Å². The van der Waals surface area contributed by atoms with Crippen molar-refractivity contribution in [3.05, 3.63) is 77.5 Å². The van der Waals surface area contributed by atoms with E-state index in [-0.39, 0.29) is 11.9 Å². The molecule has 2 N–H and O–H groups in total. The molecule has 1 heterocycles. The van der Waals surface area contributed by atoms with Gasteiger partial charge in [-0.25, -0.2) is 0 Å². The Bertz CT molecular complexity index is 845. The van der Waals surface area contributed by atoms with Gasteiger partial charge in [0.1, 0.15) is 0 Å². The number of nitrogens with one attached hydrogen (secondary N) is 2. The van der Waals surface area contributed by atoms with Crippen molar-refractivity contribution in [2.24, 2.45) is 0 Å². The Morgan fingerprint density at radius 3 is 2.35 bits per heavy atom. The van der Waals surface area contributed by atoms with E-state index in [2.05, 4.69) is 28.0 Å². The fraction of sp³-hybridized carbons (Fsp3) is 0.250. The zero-order chi connectivity index (χ0) is 18.4. The second-order valence-corrected chi connectivity index (χ2v) is 6.30. The molecule has 26 heavy (non-hydrogen) atoms. The van der Waals surface area contributed by atoms with Crippen molar-refractivity contribution in [1.29, 1.82) is 0 Å². The molecule has 0 saturated carbocycles. The minimum absolute atomic E-state index is 0.120. The first-order chi connectivity index (χ1) is 12.6. The van der Waals surface area contributed by atoms with Crippen molar-refractivity contribution in [2.75, 3.05) is 5.32 Å². The number of hydrogen-bond acceptors (Lipinski definition) is 4. The Balaban J connectivity index is 1.72. The molecule has 3 aromatic rings. The molecule has 0 unspecified atom stereocenters. The van der Waals surface area contributed by atoms with E-state index in [0.29, 0.717) is 18.0 Å². The Morgan fingerprint density at radius 1 is 1.04 bits per heavy atom. The van der Waals surface area contributed by atoms with Crippen LogP contribution in [0.3, 0.4) is 0 Å². The van der Waals surface area contributed by atoms with Crippen LogP contribution in [0.2, 0.25) is 0 Å². The summed E-state index contributed by atoms with van der Waals surface area (Å²) in [6, 6.07) is 19.3. The fourth-order valence-electron chi connectivity index (χ4n) is 2.64. The first kappa shape index (κ1) is 17.8. The molecule has 0 bridgehead atoms. The van der Waals surface area contributed by atoms with Gasteiger partial charge in [-0.1, -0.05) is 48.5 Å². The number of carbonyl (C=O) groups is 1. The van der Waals surface area contributed by atoms with E-state index in [1.807, 2.05) is 50.2 Å². The van der Waals surface area contributed by atoms with Crippen molar-refractivity contribution in [3.8, 4) is 0 Å². The zero-order valence-corrected chi connectivity index (χ0v) is 15.0. The lowest BCUT2D eigenvalue weighted by atomic mass is 10.2. The summed E-state index contributed by atoms with van der Waals surface area (Å²) in [6.45, 7) is 5.29. The predicted octanol–water partition coefficient (Wildman–Crippen LogP) is 3.09. The molecule has 0 aliphatic rings. The highest BCUT2D eigenvalue weighted by Crippen LogP contribution is 2.14. The van der Waals surface area contributed by atoms with Crippen molar-refractivity contribution >= 4 is 11.8 Å². The van der Waals surface area contributed by atoms with Crippen molar-refractivity contribution < 1.29 is 14.0 Å². The van der Waals surface area contributed by atoms with Gasteiger partial charge in [-0.05, 0) is 22.4 Å². The molecule has 0 aliphatic carbocycles. The fourth-order valence-corrected chi connectivity index (χ4v) is 2.64. The minimum atomic E-state index is -0.220. The first-order valence-corrected chi connectivity index (χ1v) is 8.66. The quantitative estimate of drug-likeness (QED) is 0.642. The van der Waals surface area contributed by atoms with E-state index in [1.165, 1.54) is 5.56 Å². The van der Waals surface area contributed by atoms with Crippen molar-refractivity contribution in [3.63, 3.8) is 0 Å². The number of benzene rings is 2. The Morgan fingerprint density at radius 2 is 1.69 bits per heavy atom. The maximum atomic E-state index is 12.4. The third-order valence-corrected chi connectivity index (χ3v) is 3.98. The third kappa shape index (κ3) is 4.34. The molecule has 3 rings (SSSR count). The number of anilines is 1. The van der Waals surface area contributed by atoms with Gasteiger partial charge in [-0.3, -0.25) is 14.6 Å². The molecule has 0 fully saturated rings. The average molecular weight is 351 g/mol. The molecule has 0 saturated heterocycles. The summed E-state index contributed by atoms with van der Waals surface area (Å²) in [5.74, 6) is 0.148. The number of amides is 1. The van der Waals surface area contributed by atoms with Crippen molar-refractivity contribution in [2.45, 2.75) is 33.0 Å². The van der Waals surface area contributed by atoms with Crippen LogP contribution in [0.1, 0.15) is 41.5 Å². The van der Waals surface area contributed by atoms with Crippen LogP contribution in [-0.4, -0.2) is 11.2 Å². The molecule has 1 aromatic heterocycles. The van der Waals surface area contributed by atoms with Crippen LogP contribution in [0.5, 0.6) is 0 Å². The molecule has 134 valence electrons. The van der Waals surface area contributed by atoms with E-state index in [4.69, 9.17) is 4.52 Å². The van der Waals surface area contributed by atoms with Crippen LogP contribution in [-0.2, 0) is 13.1 Å². The lowest BCUT2D eigenvalue weighted by Crippen LogP contribution is -2.43. The van der Waals surface area contributed by atoms with Crippen LogP contribution in [0.25, 0.3) is 0 Å². The van der Waals surface area contributed by atoms with Gasteiger partial charge in [0.25, 0.3) is 11.6 Å². The molecule has 0 radical (unpaired) electrons.